The van der Waals surface area contributed by atoms with Gasteiger partial charge >= 0.3 is 0 Å². The first-order chi connectivity index (χ1) is 22.7. The van der Waals surface area contributed by atoms with Gasteiger partial charge in [0.15, 0.2) is 0 Å². The molecule has 0 saturated carbocycles. The maximum Gasteiger partial charge on any atom is 0.235 e. The predicted molar refractivity (Wildman–Crippen MR) is 190 cm³/mol. The summed E-state index contributed by atoms with van der Waals surface area (Å²) in [6, 6.07) is 18.3. The molecule has 0 unspecified atom stereocenters. The van der Waals surface area contributed by atoms with E-state index in [-0.39, 0.29) is 0 Å². The molecule has 6 aromatic rings. The Morgan fingerprint density at radius 1 is 0.894 bits per heavy atom. The van der Waals surface area contributed by atoms with Crippen LogP contribution in [0.15, 0.2) is 84.3 Å². The third-order valence-electron chi connectivity index (χ3n) is 8.39. The highest BCUT2D eigenvalue weighted by Crippen LogP contribution is 2.34. The van der Waals surface area contributed by atoms with E-state index in [1.54, 1.807) is 20.0 Å². The van der Waals surface area contributed by atoms with Gasteiger partial charge in [-0.15, -0.1) is 0 Å². The minimum Gasteiger partial charge on any atom is -0.389 e. The van der Waals surface area contributed by atoms with Crippen molar-refractivity contribution in [3.05, 3.63) is 84.9 Å². The van der Waals surface area contributed by atoms with E-state index in [1.807, 2.05) is 53.6 Å². The van der Waals surface area contributed by atoms with Gasteiger partial charge in [0.25, 0.3) is 0 Å². The highest BCUT2D eigenvalue weighted by Gasteiger charge is 2.19. The Balaban J connectivity index is 1.06. The molecular formula is C35H38N10OS. The lowest BCUT2D eigenvalue weighted by molar-refractivity contribution is 0.0591. The predicted octanol–water partition coefficient (Wildman–Crippen LogP) is 6.13. The summed E-state index contributed by atoms with van der Waals surface area (Å²) in [5.41, 5.74) is 4.07. The molecule has 3 N–H and O–H groups in total. The molecule has 0 radical (unpaired) electrons. The average Bonchev–Trinajstić information content (AvgIpc) is 3.47. The maximum absolute atomic E-state index is 10.3. The summed E-state index contributed by atoms with van der Waals surface area (Å²) < 4.78 is 5.14. The van der Waals surface area contributed by atoms with Crippen LogP contribution in [0.25, 0.3) is 32.9 Å². The van der Waals surface area contributed by atoms with Gasteiger partial charge < -0.3 is 20.2 Å². The van der Waals surface area contributed by atoms with Crippen LogP contribution in [-0.2, 0) is 6.54 Å². The lowest BCUT2D eigenvalue weighted by Crippen LogP contribution is -2.44. The van der Waals surface area contributed by atoms with Crippen LogP contribution in [-0.4, -0.2) is 78.6 Å². The molecule has 5 heterocycles. The van der Waals surface area contributed by atoms with Gasteiger partial charge in [-0.2, -0.15) is 10.1 Å². The molecule has 11 nitrogen and oxygen atoms in total. The van der Waals surface area contributed by atoms with Gasteiger partial charge in [0.2, 0.25) is 5.95 Å². The number of aliphatic hydroxyl groups is 1. The van der Waals surface area contributed by atoms with Crippen molar-refractivity contribution in [3.8, 4) is 11.3 Å². The third-order valence-corrected chi connectivity index (χ3v) is 9.18. The first kappa shape index (κ1) is 30.9. The van der Waals surface area contributed by atoms with Crippen molar-refractivity contribution < 1.29 is 5.11 Å². The first-order valence-corrected chi connectivity index (χ1v) is 16.5. The van der Waals surface area contributed by atoms with Crippen molar-refractivity contribution in [3.63, 3.8) is 0 Å². The molecule has 240 valence electrons. The molecule has 7 rings (SSSR count). The molecule has 0 spiro atoms. The second-order valence-corrected chi connectivity index (χ2v) is 13.5. The lowest BCUT2D eigenvalue weighted by Gasteiger charge is -2.33. The molecule has 1 aliphatic rings. The Labute approximate surface area is 278 Å². The molecule has 2 aromatic carbocycles. The first-order valence-electron chi connectivity index (χ1n) is 15.7. The molecule has 1 saturated heterocycles. The van der Waals surface area contributed by atoms with Gasteiger partial charge in [0.1, 0.15) is 11.6 Å². The summed E-state index contributed by atoms with van der Waals surface area (Å²) in [5, 5.41) is 21.4. The zero-order chi connectivity index (χ0) is 32.5. The van der Waals surface area contributed by atoms with Crippen LogP contribution in [0.3, 0.4) is 0 Å². The molecule has 0 aliphatic carbocycles. The van der Waals surface area contributed by atoms with Crippen molar-refractivity contribution >= 4 is 56.9 Å². The number of anilines is 4. The van der Waals surface area contributed by atoms with Gasteiger partial charge in [0, 0.05) is 77.1 Å². The molecule has 0 atom stereocenters. The van der Waals surface area contributed by atoms with Crippen LogP contribution in [0.4, 0.5) is 23.3 Å². The zero-order valence-corrected chi connectivity index (χ0v) is 27.8. The standard InChI is InChI=1S/C35H38N10OS/c1-23-27(9-10-30-29(23)21-39-45(30)22-35(2,3)46)33-28-19-31(38-20-24(28)11-13-36-33)40-25-5-7-26(8-6-25)47-42-34-37-14-12-32(41-34)44-17-15-43(4)16-18-44/h5-14,19-21,46H,15-18,22H2,1-4H3,(H,38,40)(H,37,41,42). The van der Waals surface area contributed by atoms with Crippen molar-refractivity contribution in [2.75, 3.05) is 48.2 Å². The topological polar surface area (TPSA) is 120 Å². The van der Waals surface area contributed by atoms with Crippen LogP contribution >= 0.6 is 11.9 Å². The highest BCUT2D eigenvalue weighted by molar-refractivity contribution is 8.00. The zero-order valence-electron chi connectivity index (χ0n) is 27.0. The monoisotopic (exact) mass is 646 g/mol. The summed E-state index contributed by atoms with van der Waals surface area (Å²) in [5.74, 6) is 2.28. The number of hydrogen-bond acceptors (Lipinski definition) is 11. The average molecular weight is 647 g/mol. The van der Waals surface area contributed by atoms with Crippen molar-refractivity contribution in [2.24, 2.45) is 0 Å². The number of piperazine rings is 1. The fraction of sp³-hybridized carbons (Fsp3) is 0.286. The molecule has 1 aliphatic heterocycles. The second-order valence-electron chi connectivity index (χ2n) is 12.6. The quantitative estimate of drug-likeness (QED) is 0.157. The van der Waals surface area contributed by atoms with Gasteiger partial charge in [-0.25, -0.2) is 9.97 Å². The number of fused-ring (bicyclic) bond motifs is 2. The highest BCUT2D eigenvalue weighted by atomic mass is 32.2. The van der Waals surface area contributed by atoms with E-state index in [9.17, 15) is 5.11 Å². The van der Waals surface area contributed by atoms with Crippen LogP contribution in [0.5, 0.6) is 0 Å². The Hall–Kier alpha value is -4.78. The summed E-state index contributed by atoms with van der Waals surface area (Å²) >= 11 is 1.48. The second kappa shape index (κ2) is 12.8. The van der Waals surface area contributed by atoms with E-state index >= 15 is 0 Å². The third kappa shape index (κ3) is 6.85. The van der Waals surface area contributed by atoms with Crippen molar-refractivity contribution in [1.82, 2.24) is 34.6 Å². The molecule has 1 fully saturated rings. The Morgan fingerprint density at radius 2 is 1.68 bits per heavy atom. The number of nitrogens with zero attached hydrogens (tertiary/aromatic N) is 8. The van der Waals surface area contributed by atoms with E-state index in [0.717, 1.165) is 86.9 Å². The number of hydrogen-bond donors (Lipinski definition) is 3. The fourth-order valence-electron chi connectivity index (χ4n) is 5.86. The van der Waals surface area contributed by atoms with Gasteiger partial charge in [-0.05, 0) is 93.9 Å². The summed E-state index contributed by atoms with van der Waals surface area (Å²) in [4.78, 5) is 24.3. The largest absolute Gasteiger partial charge is 0.389 e. The Bertz CT molecular complexity index is 2030. The molecular weight excluding hydrogens is 609 g/mol. The number of aromatic nitrogens is 6. The van der Waals surface area contributed by atoms with Crippen molar-refractivity contribution in [2.45, 2.75) is 37.8 Å². The Morgan fingerprint density at radius 3 is 2.47 bits per heavy atom. The van der Waals surface area contributed by atoms with E-state index in [1.165, 1.54) is 11.9 Å². The molecule has 4 aromatic heterocycles. The number of aryl methyl sites for hydroxylation is 1. The number of benzene rings is 2. The van der Waals surface area contributed by atoms with E-state index < -0.39 is 5.60 Å². The number of rotatable bonds is 9. The van der Waals surface area contributed by atoms with E-state index in [2.05, 4.69) is 73.1 Å². The van der Waals surface area contributed by atoms with Crippen molar-refractivity contribution in [1.29, 1.82) is 0 Å². The smallest absolute Gasteiger partial charge is 0.235 e. The van der Waals surface area contributed by atoms with Crippen LogP contribution in [0.2, 0.25) is 0 Å². The summed E-state index contributed by atoms with van der Waals surface area (Å²) in [6.07, 6.45) is 7.38. The molecule has 0 bridgehead atoms. The number of nitrogens with one attached hydrogen (secondary N) is 2. The minimum atomic E-state index is -0.860. The SMILES string of the molecule is Cc1c(-c2nccc3cnc(Nc4ccc(SNc5nccc(N6CCN(C)CC6)n5)cc4)cc23)ccc2c1cnn2CC(C)(C)O. The summed E-state index contributed by atoms with van der Waals surface area (Å²) in [6.45, 7) is 10.1. The number of pyridine rings is 2. The van der Waals surface area contributed by atoms with Gasteiger partial charge in [0.05, 0.1) is 29.6 Å². The Kier molecular flexibility index (Phi) is 8.39. The number of likely N-dealkylation sites (N-methyl/N-ethyl adjacent to an activating group) is 1. The fourth-order valence-corrected chi connectivity index (χ4v) is 6.44. The lowest BCUT2D eigenvalue weighted by atomic mass is 9.98. The molecule has 47 heavy (non-hydrogen) atoms. The van der Waals surface area contributed by atoms with Crippen LogP contribution in [0.1, 0.15) is 19.4 Å². The minimum absolute atomic E-state index is 0.415. The maximum atomic E-state index is 10.3. The molecule has 0 amide bonds. The van der Waals surface area contributed by atoms with Gasteiger partial charge in [-0.3, -0.25) is 14.4 Å². The molecule has 12 heteroatoms. The van der Waals surface area contributed by atoms with Crippen LogP contribution < -0.4 is 14.9 Å². The normalized spacial score (nSPS) is 14.2. The van der Waals surface area contributed by atoms with Gasteiger partial charge in [-0.1, -0.05) is 6.07 Å². The van der Waals surface area contributed by atoms with Crippen LogP contribution in [0, 0.1) is 6.92 Å². The van der Waals surface area contributed by atoms with E-state index in [4.69, 9.17) is 9.97 Å². The van der Waals surface area contributed by atoms with E-state index in [0.29, 0.717) is 12.5 Å². The summed E-state index contributed by atoms with van der Waals surface area (Å²) in [7, 11) is 2.15.